The molecule has 0 bridgehead atoms. The minimum Gasteiger partial charge on any atom is -0.493 e. The van der Waals surface area contributed by atoms with Crippen molar-refractivity contribution in [2.75, 3.05) is 6.61 Å². The van der Waals surface area contributed by atoms with E-state index in [9.17, 15) is 0 Å². The Balaban J connectivity index is 1.88. The highest BCUT2D eigenvalue weighted by molar-refractivity contribution is 5.21. The SMILES string of the molecule is CCCCCCn1nnc(CN)c1CCOc1ccccc1. The highest BCUT2D eigenvalue weighted by Crippen LogP contribution is 2.12. The molecule has 22 heavy (non-hydrogen) atoms. The van der Waals surface area contributed by atoms with Crippen LogP contribution in [0.5, 0.6) is 5.75 Å². The quantitative estimate of drug-likeness (QED) is 0.685. The van der Waals surface area contributed by atoms with Crippen LogP contribution < -0.4 is 10.5 Å². The first kappa shape index (κ1) is 16.5. The van der Waals surface area contributed by atoms with Crippen LogP contribution in [0.4, 0.5) is 0 Å². The summed E-state index contributed by atoms with van der Waals surface area (Å²) in [7, 11) is 0. The van der Waals surface area contributed by atoms with Gasteiger partial charge in [0.25, 0.3) is 0 Å². The van der Waals surface area contributed by atoms with Gasteiger partial charge in [-0.15, -0.1) is 5.10 Å². The molecule has 0 aliphatic heterocycles. The minimum absolute atomic E-state index is 0.426. The van der Waals surface area contributed by atoms with Gasteiger partial charge < -0.3 is 10.5 Å². The molecule has 0 amide bonds. The molecule has 5 nitrogen and oxygen atoms in total. The predicted molar refractivity (Wildman–Crippen MR) is 87.7 cm³/mol. The number of nitrogens with two attached hydrogens (primary N) is 1. The van der Waals surface area contributed by atoms with Crippen LogP contribution in [0.2, 0.25) is 0 Å². The van der Waals surface area contributed by atoms with Gasteiger partial charge in [-0.2, -0.15) is 0 Å². The minimum atomic E-state index is 0.426. The Hall–Kier alpha value is -1.88. The molecule has 0 spiro atoms. The number of unbranched alkanes of at least 4 members (excludes halogenated alkanes) is 3. The normalized spacial score (nSPS) is 10.8. The van der Waals surface area contributed by atoms with Gasteiger partial charge in [0.05, 0.1) is 18.0 Å². The zero-order chi connectivity index (χ0) is 15.6. The lowest BCUT2D eigenvalue weighted by Gasteiger charge is -2.09. The fraction of sp³-hybridized carbons (Fsp3) is 0.529. The molecule has 0 aliphatic rings. The number of benzene rings is 1. The molecule has 0 aliphatic carbocycles. The van der Waals surface area contributed by atoms with Crippen molar-refractivity contribution in [2.24, 2.45) is 5.73 Å². The van der Waals surface area contributed by atoms with Gasteiger partial charge in [0, 0.05) is 19.5 Å². The Labute approximate surface area is 132 Å². The molecule has 1 aromatic heterocycles. The van der Waals surface area contributed by atoms with Crippen molar-refractivity contribution < 1.29 is 4.74 Å². The van der Waals surface area contributed by atoms with Gasteiger partial charge in [0.1, 0.15) is 5.75 Å². The maximum absolute atomic E-state index is 5.77. The zero-order valence-electron chi connectivity index (χ0n) is 13.4. The molecule has 0 atom stereocenters. The standard InChI is InChI=1S/C17H26N4O/c1-2-3-4-8-12-21-17(16(14-18)19-20-21)11-13-22-15-9-6-5-7-10-15/h5-7,9-10H,2-4,8,11-14,18H2,1H3. The third-order valence-electron chi connectivity index (χ3n) is 3.69. The molecule has 0 saturated carbocycles. The summed E-state index contributed by atoms with van der Waals surface area (Å²) in [6.45, 7) is 4.16. The summed E-state index contributed by atoms with van der Waals surface area (Å²) < 4.78 is 7.76. The molecule has 0 saturated heterocycles. The topological polar surface area (TPSA) is 66.0 Å². The maximum Gasteiger partial charge on any atom is 0.119 e. The number of hydrogen-bond acceptors (Lipinski definition) is 4. The second kappa shape index (κ2) is 9.20. The second-order valence-electron chi connectivity index (χ2n) is 5.38. The van der Waals surface area contributed by atoms with Crippen LogP contribution in [0, 0.1) is 0 Å². The Bertz CT molecular complexity index is 539. The fourth-order valence-electron chi connectivity index (χ4n) is 2.45. The van der Waals surface area contributed by atoms with Gasteiger partial charge in [0.2, 0.25) is 0 Å². The van der Waals surface area contributed by atoms with E-state index >= 15 is 0 Å². The molecule has 120 valence electrons. The number of ether oxygens (including phenoxy) is 1. The number of aromatic nitrogens is 3. The van der Waals surface area contributed by atoms with Crippen molar-refractivity contribution in [1.29, 1.82) is 0 Å². The largest absolute Gasteiger partial charge is 0.493 e. The van der Waals surface area contributed by atoms with Crippen molar-refractivity contribution in [3.05, 3.63) is 41.7 Å². The Morgan fingerprint density at radius 3 is 2.68 bits per heavy atom. The Morgan fingerprint density at radius 1 is 1.14 bits per heavy atom. The van der Waals surface area contributed by atoms with E-state index in [1.165, 1.54) is 19.3 Å². The highest BCUT2D eigenvalue weighted by atomic mass is 16.5. The summed E-state index contributed by atoms with van der Waals surface area (Å²) >= 11 is 0. The molecule has 2 N–H and O–H groups in total. The Kier molecular flexibility index (Phi) is 6.90. The van der Waals surface area contributed by atoms with Crippen LogP contribution >= 0.6 is 0 Å². The number of hydrogen-bond donors (Lipinski definition) is 1. The first-order chi connectivity index (χ1) is 10.8. The lowest BCUT2D eigenvalue weighted by molar-refractivity contribution is 0.316. The maximum atomic E-state index is 5.77. The van der Waals surface area contributed by atoms with Gasteiger partial charge >= 0.3 is 0 Å². The summed E-state index contributed by atoms with van der Waals surface area (Å²) in [6, 6.07) is 9.85. The van der Waals surface area contributed by atoms with E-state index in [-0.39, 0.29) is 0 Å². The van der Waals surface area contributed by atoms with Crippen molar-refractivity contribution in [3.63, 3.8) is 0 Å². The molecule has 0 fully saturated rings. The lowest BCUT2D eigenvalue weighted by atomic mass is 10.2. The van der Waals surface area contributed by atoms with Gasteiger partial charge in [-0.1, -0.05) is 49.6 Å². The van der Waals surface area contributed by atoms with Gasteiger partial charge in [-0.05, 0) is 18.6 Å². The third kappa shape index (κ3) is 4.84. The summed E-state index contributed by atoms with van der Waals surface area (Å²) in [5.41, 5.74) is 7.75. The number of para-hydroxylation sites is 1. The van der Waals surface area contributed by atoms with Crippen LogP contribution in [0.3, 0.4) is 0 Å². The molecule has 5 heteroatoms. The van der Waals surface area contributed by atoms with Crippen molar-refractivity contribution >= 4 is 0 Å². The summed E-state index contributed by atoms with van der Waals surface area (Å²) in [6.07, 6.45) is 5.65. The number of aryl methyl sites for hydroxylation is 1. The van der Waals surface area contributed by atoms with Crippen LogP contribution in [-0.2, 0) is 19.5 Å². The summed E-state index contributed by atoms with van der Waals surface area (Å²) in [5.74, 6) is 0.888. The monoisotopic (exact) mass is 302 g/mol. The molecular formula is C17H26N4O. The lowest BCUT2D eigenvalue weighted by Crippen LogP contribution is -2.12. The van der Waals surface area contributed by atoms with Gasteiger partial charge in [-0.25, -0.2) is 4.68 Å². The van der Waals surface area contributed by atoms with Gasteiger partial charge in [-0.3, -0.25) is 0 Å². The van der Waals surface area contributed by atoms with E-state index in [1.807, 2.05) is 35.0 Å². The predicted octanol–water partition coefficient (Wildman–Crippen LogP) is 2.94. The molecule has 0 radical (unpaired) electrons. The molecule has 0 unspecified atom stereocenters. The van der Waals surface area contributed by atoms with E-state index in [4.69, 9.17) is 10.5 Å². The molecular weight excluding hydrogens is 276 g/mol. The number of nitrogens with zero attached hydrogens (tertiary/aromatic N) is 3. The highest BCUT2D eigenvalue weighted by Gasteiger charge is 2.11. The van der Waals surface area contributed by atoms with Crippen molar-refractivity contribution in [2.45, 2.75) is 52.1 Å². The summed E-state index contributed by atoms with van der Waals surface area (Å²) in [5, 5.41) is 8.43. The van der Waals surface area contributed by atoms with Crippen LogP contribution in [0.15, 0.2) is 30.3 Å². The first-order valence-electron chi connectivity index (χ1n) is 8.14. The molecule has 1 heterocycles. The molecule has 2 rings (SSSR count). The van der Waals surface area contributed by atoms with Crippen LogP contribution in [0.25, 0.3) is 0 Å². The second-order valence-corrected chi connectivity index (χ2v) is 5.38. The fourth-order valence-corrected chi connectivity index (χ4v) is 2.45. The van der Waals surface area contributed by atoms with Crippen LogP contribution in [-0.4, -0.2) is 21.6 Å². The average molecular weight is 302 g/mol. The van der Waals surface area contributed by atoms with E-state index in [0.29, 0.717) is 13.2 Å². The first-order valence-corrected chi connectivity index (χ1v) is 8.14. The smallest absolute Gasteiger partial charge is 0.119 e. The van der Waals surface area contributed by atoms with Crippen molar-refractivity contribution in [3.8, 4) is 5.75 Å². The molecule has 2 aromatic rings. The van der Waals surface area contributed by atoms with E-state index in [1.54, 1.807) is 0 Å². The van der Waals surface area contributed by atoms with E-state index in [2.05, 4.69) is 17.2 Å². The third-order valence-corrected chi connectivity index (χ3v) is 3.69. The summed E-state index contributed by atoms with van der Waals surface area (Å²) in [4.78, 5) is 0. The van der Waals surface area contributed by atoms with Crippen molar-refractivity contribution in [1.82, 2.24) is 15.0 Å². The van der Waals surface area contributed by atoms with Crippen LogP contribution in [0.1, 0.15) is 44.0 Å². The zero-order valence-corrected chi connectivity index (χ0v) is 13.4. The number of rotatable bonds is 10. The van der Waals surface area contributed by atoms with E-state index < -0.39 is 0 Å². The van der Waals surface area contributed by atoms with E-state index in [0.717, 1.165) is 36.5 Å². The Morgan fingerprint density at radius 2 is 1.95 bits per heavy atom. The molecule has 1 aromatic carbocycles. The van der Waals surface area contributed by atoms with Gasteiger partial charge in [0.15, 0.2) is 0 Å². The average Bonchev–Trinajstić information content (AvgIpc) is 2.95.